The Bertz CT molecular complexity index is 791. The zero-order valence-corrected chi connectivity index (χ0v) is 18.8. The van der Waals surface area contributed by atoms with Gasteiger partial charge in [0.1, 0.15) is 6.54 Å². The Kier molecular flexibility index (Phi) is 9.21. The molecule has 0 saturated carbocycles. The molecule has 0 aliphatic heterocycles. The van der Waals surface area contributed by atoms with Crippen LogP contribution in [0.15, 0.2) is 47.1 Å². The third kappa shape index (κ3) is 7.21. The second-order valence-corrected chi connectivity index (χ2v) is 7.69. The van der Waals surface area contributed by atoms with Gasteiger partial charge in [0, 0.05) is 49.3 Å². The fourth-order valence-electron chi connectivity index (χ4n) is 2.87. The van der Waals surface area contributed by atoms with E-state index in [0.29, 0.717) is 31.9 Å². The van der Waals surface area contributed by atoms with Crippen molar-refractivity contribution in [1.82, 2.24) is 14.4 Å². The van der Waals surface area contributed by atoms with Crippen LogP contribution in [0.2, 0.25) is 0 Å². The Labute approximate surface area is 180 Å². The van der Waals surface area contributed by atoms with Crippen LogP contribution < -0.4 is 5.32 Å². The quantitative estimate of drug-likeness (QED) is 0.582. The number of rotatable bonds is 10. The van der Waals surface area contributed by atoms with Crippen molar-refractivity contribution in [2.24, 2.45) is 7.05 Å². The first-order chi connectivity index (χ1) is 13.9. The number of halogens is 1. The normalized spacial score (nSPS) is 10.6. The molecule has 0 fully saturated rings. The summed E-state index contributed by atoms with van der Waals surface area (Å²) in [5.41, 5.74) is 1.71. The highest BCUT2D eigenvalue weighted by Gasteiger charge is 2.21. The number of amides is 3. The largest absolute Gasteiger partial charge is 0.383 e. The molecule has 0 radical (unpaired) electrons. The predicted octanol–water partition coefficient (Wildman–Crippen LogP) is 3.71. The maximum absolute atomic E-state index is 13.0. The molecule has 2 aromatic rings. The van der Waals surface area contributed by atoms with Crippen molar-refractivity contribution in [2.45, 2.75) is 19.9 Å². The molecule has 8 heteroatoms. The van der Waals surface area contributed by atoms with Gasteiger partial charge in [-0.1, -0.05) is 22.9 Å². The number of hydrogen-bond acceptors (Lipinski definition) is 3. The molecule has 1 aromatic heterocycles. The Morgan fingerprint density at radius 2 is 1.86 bits per heavy atom. The summed E-state index contributed by atoms with van der Waals surface area (Å²) in [5.74, 6) is -0.109. The lowest BCUT2D eigenvalue weighted by Gasteiger charge is -2.27. The van der Waals surface area contributed by atoms with Crippen molar-refractivity contribution in [3.8, 4) is 0 Å². The molecule has 0 unspecified atom stereocenters. The number of benzene rings is 1. The number of hydrogen-bond donors (Lipinski definition) is 1. The molecule has 7 nitrogen and oxygen atoms in total. The van der Waals surface area contributed by atoms with Crippen molar-refractivity contribution in [1.29, 1.82) is 0 Å². The van der Waals surface area contributed by atoms with Crippen molar-refractivity contribution in [3.63, 3.8) is 0 Å². The number of carbonyl (C=O) groups is 2. The summed E-state index contributed by atoms with van der Waals surface area (Å²) in [6.07, 6.45) is 2.71. The van der Waals surface area contributed by atoms with E-state index in [2.05, 4.69) is 21.2 Å². The van der Waals surface area contributed by atoms with Crippen molar-refractivity contribution in [3.05, 3.63) is 52.8 Å². The second kappa shape index (κ2) is 11.6. The van der Waals surface area contributed by atoms with Crippen molar-refractivity contribution in [2.75, 3.05) is 38.7 Å². The number of anilines is 1. The lowest BCUT2D eigenvalue weighted by Crippen LogP contribution is -2.45. The van der Waals surface area contributed by atoms with Crippen LogP contribution in [0.5, 0.6) is 0 Å². The summed E-state index contributed by atoms with van der Waals surface area (Å²) in [7, 11) is 3.56. The minimum absolute atomic E-state index is 0.0182. The number of carbonyl (C=O) groups excluding carboxylic acids is 2. The van der Waals surface area contributed by atoms with Gasteiger partial charge in [-0.25, -0.2) is 4.79 Å². The Balaban J connectivity index is 2.06. The fraction of sp³-hybridized carbons (Fsp3) is 0.429. The number of nitrogens with one attached hydrogen (secondary N) is 1. The molecular weight excluding hydrogens is 436 g/mol. The molecule has 0 aliphatic rings. The average molecular weight is 465 g/mol. The lowest BCUT2D eigenvalue weighted by atomic mass is 10.3. The van der Waals surface area contributed by atoms with Gasteiger partial charge in [-0.15, -0.1) is 0 Å². The van der Waals surface area contributed by atoms with E-state index < -0.39 is 0 Å². The van der Waals surface area contributed by atoms with E-state index in [-0.39, 0.29) is 18.5 Å². The lowest BCUT2D eigenvalue weighted by molar-refractivity contribution is -0.133. The zero-order valence-electron chi connectivity index (χ0n) is 17.2. The number of nitrogens with zero attached hydrogens (tertiary/aromatic N) is 3. The van der Waals surface area contributed by atoms with Crippen LogP contribution >= 0.6 is 15.9 Å². The SMILES string of the molecule is CCCN(CC(=O)N(CCOC)Cc1cccn1C)C(=O)Nc1ccc(Br)cc1. The first kappa shape index (κ1) is 23.0. The van der Waals surface area contributed by atoms with Gasteiger partial charge in [-0.3, -0.25) is 4.79 Å². The number of ether oxygens (including phenoxy) is 1. The van der Waals surface area contributed by atoms with E-state index in [1.807, 2.05) is 61.1 Å². The molecule has 0 bridgehead atoms. The zero-order chi connectivity index (χ0) is 21.2. The molecule has 1 N–H and O–H groups in total. The average Bonchev–Trinajstić information content (AvgIpc) is 3.10. The molecule has 29 heavy (non-hydrogen) atoms. The van der Waals surface area contributed by atoms with E-state index >= 15 is 0 Å². The second-order valence-electron chi connectivity index (χ2n) is 6.78. The van der Waals surface area contributed by atoms with Gasteiger partial charge in [-0.05, 0) is 42.8 Å². The molecule has 2 rings (SSSR count). The molecule has 158 valence electrons. The van der Waals surface area contributed by atoms with E-state index in [0.717, 1.165) is 16.6 Å². The first-order valence-corrected chi connectivity index (χ1v) is 10.4. The highest BCUT2D eigenvalue weighted by atomic mass is 79.9. The van der Waals surface area contributed by atoms with Crippen LogP contribution in [-0.2, 0) is 23.1 Å². The van der Waals surface area contributed by atoms with Gasteiger partial charge in [-0.2, -0.15) is 0 Å². The van der Waals surface area contributed by atoms with Gasteiger partial charge in [0.05, 0.1) is 13.2 Å². The summed E-state index contributed by atoms with van der Waals surface area (Å²) >= 11 is 3.38. The van der Waals surface area contributed by atoms with Crippen LogP contribution in [-0.4, -0.2) is 59.7 Å². The highest BCUT2D eigenvalue weighted by Crippen LogP contribution is 2.15. The van der Waals surface area contributed by atoms with E-state index in [1.165, 1.54) is 0 Å². The summed E-state index contributed by atoms with van der Waals surface area (Å²) in [5, 5.41) is 2.86. The molecule has 0 atom stereocenters. The Hall–Kier alpha value is -2.32. The predicted molar refractivity (Wildman–Crippen MR) is 118 cm³/mol. The third-order valence-electron chi connectivity index (χ3n) is 4.52. The van der Waals surface area contributed by atoms with Crippen LogP contribution in [0.4, 0.5) is 10.5 Å². The van der Waals surface area contributed by atoms with Gasteiger partial charge >= 0.3 is 6.03 Å². The van der Waals surface area contributed by atoms with Crippen LogP contribution in [0, 0.1) is 0 Å². The Morgan fingerprint density at radius 1 is 1.14 bits per heavy atom. The molecule has 1 heterocycles. The minimum Gasteiger partial charge on any atom is -0.383 e. The maximum Gasteiger partial charge on any atom is 0.322 e. The standard InChI is InChI=1S/C21H29BrN4O3/c1-4-11-26(21(28)23-18-9-7-17(22)8-10-18)16-20(27)25(13-14-29-3)15-19-6-5-12-24(19)2/h5-10,12H,4,11,13-16H2,1-3H3,(H,23,28). The summed E-state index contributed by atoms with van der Waals surface area (Å²) < 4.78 is 8.08. The van der Waals surface area contributed by atoms with Crippen molar-refractivity contribution < 1.29 is 14.3 Å². The monoisotopic (exact) mass is 464 g/mol. The van der Waals surface area contributed by atoms with Gasteiger partial charge in [0.25, 0.3) is 0 Å². The van der Waals surface area contributed by atoms with Gasteiger partial charge < -0.3 is 24.4 Å². The number of aryl methyl sites for hydroxylation is 1. The molecule has 1 aromatic carbocycles. The van der Waals surface area contributed by atoms with Crippen LogP contribution in [0.25, 0.3) is 0 Å². The van der Waals surface area contributed by atoms with E-state index in [9.17, 15) is 9.59 Å². The smallest absolute Gasteiger partial charge is 0.322 e. The van der Waals surface area contributed by atoms with E-state index in [1.54, 1.807) is 16.9 Å². The number of urea groups is 1. The third-order valence-corrected chi connectivity index (χ3v) is 5.05. The number of aromatic nitrogens is 1. The summed E-state index contributed by atoms with van der Waals surface area (Å²) in [6.45, 7) is 3.88. The van der Waals surface area contributed by atoms with Crippen LogP contribution in [0.3, 0.4) is 0 Å². The van der Waals surface area contributed by atoms with Gasteiger partial charge in [0.2, 0.25) is 5.91 Å². The summed E-state index contributed by atoms with van der Waals surface area (Å²) in [4.78, 5) is 29.0. The molecule has 0 saturated heterocycles. The topological polar surface area (TPSA) is 66.8 Å². The van der Waals surface area contributed by atoms with E-state index in [4.69, 9.17) is 4.74 Å². The minimum atomic E-state index is -0.284. The first-order valence-electron chi connectivity index (χ1n) is 9.63. The molecule has 0 spiro atoms. The molecule has 3 amide bonds. The fourth-order valence-corrected chi connectivity index (χ4v) is 3.14. The van der Waals surface area contributed by atoms with Crippen molar-refractivity contribution >= 4 is 33.6 Å². The highest BCUT2D eigenvalue weighted by molar-refractivity contribution is 9.10. The maximum atomic E-state index is 13.0. The number of methoxy groups -OCH3 is 1. The summed E-state index contributed by atoms with van der Waals surface area (Å²) in [6, 6.07) is 11.0. The molecular formula is C21H29BrN4O3. The van der Waals surface area contributed by atoms with Crippen LogP contribution in [0.1, 0.15) is 19.0 Å². The molecule has 0 aliphatic carbocycles. The van der Waals surface area contributed by atoms with Gasteiger partial charge in [0.15, 0.2) is 0 Å². The Morgan fingerprint density at radius 3 is 2.45 bits per heavy atom.